The second-order valence-electron chi connectivity index (χ2n) is 5.59. The molecule has 23 heavy (non-hydrogen) atoms. The van der Waals surface area contributed by atoms with Crippen LogP contribution >= 0.6 is 0 Å². The van der Waals surface area contributed by atoms with Crippen LogP contribution in [0.5, 0.6) is 5.75 Å². The first-order valence-electron chi connectivity index (χ1n) is 7.58. The number of aromatic nitrogens is 1. The van der Waals surface area contributed by atoms with Crippen molar-refractivity contribution in [3.05, 3.63) is 54.1 Å². The minimum Gasteiger partial charge on any atom is -0.496 e. The molecule has 3 rings (SSSR count). The molecule has 0 saturated carbocycles. The number of ether oxygens (including phenoxy) is 1. The lowest BCUT2D eigenvalue weighted by molar-refractivity contribution is 0.298. The largest absolute Gasteiger partial charge is 0.496 e. The standard InChI is InChI=1S/C18H21N3O2/c1-21(2)15(13-8-4-6-10-16(13)22-3)12-19-18-20-14-9-5-7-11-17(14)23-18/h4-11,15H,12H2,1-3H3,(H,19,20)/t15-/m1/s1. The smallest absolute Gasteiger partial charge is 0.295 e. The number of anilines is 1. The Bertz CT molecular complexity index is 750. The number of benzene rings is 2. The summed E-state index contributed by atoms with van der Waals surface area (Å²) in [5.41, 5.74) is 2.77. The molecular formula is C18H21N3O2. The molecule has 120 valence electrons. The quantitative estimate of drug-likeness (QED) is 0.754. The molecule has 0 amide bonds. The molecule has 1 aromatic heterocycles. The van der Waals surface area contributed by atoms with Crippen molar-refractivity contribution in [3.63, 3.8) is 0 Å². The van der Waals surface area contributed by atoms with E-state index >= 15 is 0 Å². The fourth-order valence-electron chi connectivity index (χ4n) is 2.64. The van der Waals surface area contributed by atoms with Crippen LogP contribution in [-0.4, -0.2) is 37.6 Å². The van der Waals surface area contributed by atoms with Crippen LogP contribution in [0, 0.1) is 0 Å². The van der Waals surface area contributed by atoms with Crippen LogP contribution in [0.1, 0.15) is 11.6 Å². The van der Waals surface area contributed by atoms with E-state index in [1.165, 1.54) is 0 Å². The number of likely N-dealkylation sites (N-methyl/N-ethyl adjacent to an activating group) is 1. The van der Waals surface area contributed by atoms with Crippen LogP contribution in [0.15, 0.2) is 52.9 Å². The Morgan fingerprint density at radius 1 is 1.13 bits per heavy atom. The summed E-state index contributed by atoms with van der Waals surface area (Å²) in [5, 5.41) is 3.29. The van der Waals surface area contributed by atoms with Crippen molar-refractivity contribution in [1.29, 1.82) is 0 Å². The fourth-order valence-corrected chi connectivity index (χ4v) is 2.64. The average molecular weight is 311 g/mol. The maximum Gasteiger partial charge on any atom is 0.295 e. The number of fused-ring (bicyclic) bond motifs is 1. The summed E-state index contributed by atoms with van der Waals surface area (Å²) in [4.78, 5) is 6.60. The molecule has 1 heterocycles. The molecule has 1 N–H and O–H groups in total. The van der Waals surface area contributed by atoms with Crippen LogP contribution in [0.2, 0.25) is 0 Å². The zero-order valence-electron chi connectivity index (χ0n) is 13.6. The Kier molecular flexibility index (Phi) is 4.48. The Morgan fingerprint density at radius 2 is 1.87 bits per heavy atom. The first-order valence-corrected chi connectivity index (χ1v) is 7.58. The lowest BCUT2D eigenvalue weighted by atomic mass is 10.0. The number of hydrogen-bond acceptors (Lipinski definition) is 5. The SMILES string of the molecule is COc1ccccc1[C@@H](CNc1nc2ccccc2o1)N(C)C. The Morgan fingerprint density at radius 3 is 2.61 bits per heavy atom. The van der Waals surface area contributed by atoms with Gasteiger partial charge in [0.25, 0.3) is 6.01 Å². The van der Waals surface area contributed by atoms with E-state index in [-0.39, 0.29) is 6.04 Å². The maximum atomic E-state index is 5.72. The monoisotopic (exact) mass is 311 g/mol. The van der Waals surface area contributed by atoms with E-state index in [0.717, 1.165) is 22.4 Å². The number of methoxy groups -OCH3 is 1. The number of hydrogen-bond donors (Lipinski definition) is 1. The van der Waals surface area contributed by atoms with E-state index in [4.69, 9.17) is 9.15 Å². The van der Waals surface area contributed by atoms with Gasteiger partial charge in [-0.15, -0.1) is 0 Å². The van der Waals surface area contributed by atoms with Crippen molar-refractivity contribution in [1.82, 2.24) is 9.88 Å². The van der Waals surface area contributed by atoms with Gasteiger partial charge < -0.3 is 19.4 Å². The summed E-state index contributed by atoms with van der Waals surface area (Å²) in [6, 6.07) is 16.5. The maximum absolute atomic E-state index is 5.72. The number of nitrogens with zero attached hydrogens (tertiary/aromatic N) is 2. The third-order valence-electron chi connectivity index (χ3n) is 3.86. The minimum absolute atomic E-state index is 0.140. The Balaban J connectivity index is 1.80. The third kappa shape index (κ3) is 3.29. The summed E-state index contributed by atoms with van der Waals surface area (Å²) >= 11 is 0. The summed E-state index contributed by atoms with van der Waals surface area (Å²) < 4.78 is 11.2. The van der Waals surface area contributed by atoms with E-state index in [2.05, 4.69) is 21.3 Å². The summed E-state index contributed by atoms with van der Waals surface area (Å²) in [5.74, 6) is 0.880. The van der Waals surface area contributed by atoms with Crippen molar-refractivity contribution in [2.45, 2.75) is 6.04 Å². The van der Waals surface area contributed by atoms with Gasteiger partial charge in [-0.05, 0) is 32.3 Å². The highest BCUT2D eigenvalue weighted by Gasteiger charge is 2.18. The van der Waals surface area contributed by atoms with Gasteiger partial charge >= 0.3 is 0 Å². The van der Waals surface area contributed by atoms with Crippen LogP contribution < -0.4 is 10.1 Å². The summed E-state index contributed by atoms with van der Waals surface area (Å²) in [7, 11) is 5.79. The van der Waals surface area contributed by atoms with Crippen LogP contribution in [0.3, 0.4) is 0 Å². The van der Waals surface area contributed by atoms with Gasteiger partial charge in [0.05, 0.1) is 13.2 Å². The molecule has 0 aliphatic heterocycles. The predicted octanol–water partition coefficient (Wildman–Crippen LogP) is 3.55. The molecule has 0 spiro atoms. The number of rotatable bonds is 6. The van der Waals surface area contributed by atoms with Gasteiger partial charge in [0.15, 0.2) is 5.58 Å². The van der Waals surface area contributed by atoms with Crippen molar-refractivity contribution < 1.29 is 9.15 Å². The van der Waals surface area contributed by atoms with E-state index in [9.17, 15) is 0 Å². The van der Waals surface area contributed by atoms with Gasteiger partial charge in [-0.25, -0.2) is 0 Å². The molecule has 0 fully saturated rings. The van der Waals surface area contributed by atoms with Gasteiger partial charge in [0.1, 0.15) is 11.3 Å². The zero-order valence-corrected chi connectivity index (χ0v) is 13.6. The first kappa shape index (κ1) is 15.4. The Labute approximate surface area is 135 Å². The summed E-state index contributed by atoms with van der Waals surface area (Å²) in [6.07, 6.45) is 0. The molecule has 0 aliphatic carbocycles. The lowest BCUT2D eigenvalue weighted by Crippen LogP contribution is -2.27. The van der Waals surface area contributed by atoms with Crippen LogP contribution in [-0.2, 0) is 0 Å². The van der Waals surface area contributed by atoms with Crippen LogP contribution in [0.4, 0.5) is 6.01 Å². The van der Waals surface area contributed by atoms with Crippen molar-refractivity contribution in [2.24, 2.45) is 0 Å². The first-order chi connectivity index (χ1) is 11.2. The average Bonchev–Trinajstić information content (AvgIpc) is 2.98. The van der Waals surface area contributed by atoms with E-state index < -0.39 is 0 Å². The van der Waals surface area contributed by atoms with Gasteiger partial charge in [-0.2, -0.15) is 4.98 Å². The highest BCUT2D eigenvalue weighted by molar-refractivity contribution is 5.74. The van der Waals surface area contributed by atoms with Gasteiger partial charge in [-0.3, -0.25) is 0 Å². The molecule has 2 aromatic carbocycles. The van der Waals surface area contributed by atoms with E-state index in [0.29, 0.717) is 12.6 Å². The molecule has 0 saturated heterocycles. The second-order valence-corrected chi connectivity index (χ2v) is 5.59. The van der Waals surface area contributed by atoms with E-state index in [1.807, 2.05) is 56.6 Å². The topological polar surface area (TPSA) is 50.5 Å². The molecule has 1 atom stereocenters. The van der Waals surface area contributed by atoms with Gasteiger partial charge in [0.2, 0.25) is 0 Å². The van der Waals surface area contributed by atoms with E-state index in [1.54, 1.807) is 7.11 Å². The third-order valence-corrected chi connectivity index (χ3v) is 3.86. The van der Waals surface area contributed by atoms with Crippen molar-refractivity contribution in [2.75, 3.05) is 33.1 Å². The number of oxazole rings is 1. The molecule has 3 aromatic rings. The number of para-hydroxylation sites is 3. The van der Waals surface area contributed by atoms with Crippen molar-refractivity contribution >= 4 is 17.1 Å². The Hall–Kier alpha value is -2.53. The molecule has 0 aliphatic rings. The highest BCUT2D eigenvalue weighted by atomic mass is 16.5. The van der Waals surface area contributed by atoms with Gasteiger partial charge in [-0.1, -0.05) is 30.3 Å². The molecule has 0 bridgehead atoms. The molecule has 5 heteroatoms. The highest BCUT2D eigenvalue weighted by Crippen LogP contribution is 2.28. The normalized spacial score (nSPS) is 12.5. The zero-order chi connectivity index (χ0) is 16.2. The fraction of sp³-hybridized carbons (Fsp3) is 0.278. The van der Waals surface area contributed by atoms with Crippen molar-refractivity contribution in [3.8, 4) is 5.75 Å². The molecule has 0 radical (unpaired) electrons. The second kappa shape index (κ2) is 6.71. The molecular weight excluding hydrogens is 290 g/mol. The molecule has 0 unspecified atom stereocenters. The predicted molar refractivity (Wildman–Crippen MR) is 91.9 cm³/mol. The van der Waals surface area contributed by atoms with Gasteiger partial charge in [0, 0.05) is 12.1 Å². The lowest BCUT2D eigenvalue weighted by Gasteiger charge is -2.26. The molecule has 5 nitrogen and oxygen atoms in total. The minimum atomic E-state index is 0.140. The number of nitrogens with one attached hydrogen (secondary N) is 1. The van der Waals surface area contributed by atoms with Crippen LogP contribution in [0.25, 0.3) is 11.1 Å². The summed E-state index contributed by atoms with van der Waals surface area (Å²) in [6.45, 7) is 0.667.